The normalized spacial score (nSPS) is 14.1. The minimum atomic E-state index is -0.280. The molecule has 3 heteroatoms. The summed E-state index contributed by atoms with van der Waals surface area (Å²) in [6.07, 6.45) is 1.80. The van der Waals surface area contributed by atoms with Crippen LogP contribution in [-0.2, 0) is 4.79 Å². The second-order valence-corrected chi connectivity index (χ2v) is 5.34. The van der Waals surface area contributed by atoms with Gasteiger partial charge in [-0.05, 0) is 18.8 Å². The van der Waals surface area contributed by atoms with E-state index in [4.69, 9.17) is 5.73 Å². The minimum absolute atomic E-state index is 0.0709. The molecule has 3 nitrogen and oxygen atoms in total. The molecule has 0 aliphatic rings. The largest absolute Gasteiger partial charge is 0.354 e. The summed E-state index contributed by atoms with van der Waals surface area (Å²) >= 11 is 0. The van der Waals surface area contributed by atoms with Gasteiger partial charge in [0.2, 0.25) is 5.91 Å². The van der Waals surface area contributed by atoms with Gasteiger partial charge in [0.25, 0.3) is 0 Å². The third-order valence-electron chi connectivity index (χ3n) is 2.80. The number of carbonyl (C=O) groups excluding carboxylic acids is 1. The molecule has 0 aromatic rings. The lowest BCUT2D eigenvalue weighted by Gasteiger charge is -2.23. The van der Waals surface area contributed by atoms with Crippen LogP contribution >= 0.6 is 0 Å². The standard InChI is InChI=1S/C12H26N2O/c1-6-12(4,5)11(15)14-8-10(13)7-9(2)3/h9-10H,6-8,13H2,1-5H3,(H,14,15). The van der Waals surface area contributed by atoms with Crippen LogP contribution in [0.25, 0.3) is 0 Å². The van der Waals surface area contributed by atoms with Gasteiger partial charge in [-0.3, -0.25) is 4.79 Å². The maximum Gasteiger partial charge on any atom is 0.225 e. The molecule has 0 saturated carbocycles. The predicted molar refractivity (Wildman–Crippen MR) is 64.5 cm³/mol. The molecular formula is C12H26N2O. The van der Waals surface area contributed by atoms with Crippen molar-refractivity contribution in [1.29, 1.82) is 0 Å². The molecule has 90 valence electrons. The highest BCUT2D eigenvalue weighted by Crippen LogP contribution is 2.19. The fourth-order valence-corrected chi connectivity index (χ4v) is 1.31. The van der Waals surface area contributed by atoms with Crippen LogP contribution in [0.5, 0.6) is 0 Å². The smallest absolute Gasteiger partial charge is 0.225 e. The predicted octanol–water partition coefficient (Wildman–Crippen LogP) is 1.91. The van der Waals surface area contributed by atoms with Crippen LogP contribution in [0.15, 0.2) is 0 Å². The molecule has 1 amide bonds. The Morgan fingerprint density at radius 2 is 1.93 bits per heavy atom. The number of rotatable bonds is 6. The third-order valence-corrected chi connectivity index (χ3v) is 2.80. The molecule has 3 N–H and O–H groups in total. The van der Waals surface area contributed by atoms with Crippen LogP contribution in [-0.4, -0.2) is 18.5 Å². The van der Waals surface area contributed by atoms with E-state index in [9.17, 15) is 4.79 Å². The summed E-state index contributed by atoms with van der Waals surface area (Å²) in [6, 6.07) is 0.0709. The quantitative estimate of drug-likeness (QED) is 0.709. The minimum Gasteiger partial charge on any atom is -0.354 e. The molecule has 1 unspecified atom stereocenters. The molecule has 0 aliphatic carbocycles. The lowest BCUT2D eigenvalue weighted by Crippen LogP contribution is -2.43. The number of hydrogen-bond acceptors (Lipinski definition) is 2. The number of nitrogens with one attached hydrogen (secondary N) is 1. The van der Waals surface area contributed by atoms with E-state index in [2.05, 4.69) is 19.2 Å². The molecule has 0 bridgehead atoms. The van der Waals surface area contributed by atoms with E-state index in [1.54, 1.807) is 0 Å². The molecule has 0 aromatic heterocycles. The second kappa shape index (κ2) is 6.11. The summed E-state index contributed by atoms with van der Waals surface area (Å²) < 4.78 is 0. The highest BCUT2D eigenvalue weighted by molar-refractivity contribution is 5.81. The van der Waals surface area contributed by atoms with Gasteiger partial charge in [-0.2, -0.15) is 0 Å². The zero-order chi connectivity index (χ0) is 12.1. The average Bonchev–Trinajstić information content (AvgIpc) is 2.13. The summed E-state index contributed by atoms with van der Waals surface area (Å²) in [4.78, 5) is 11.7. The molecule has 0 aliphatic heterocycles. The Bertz CT molecular complexity index is 200. The average molecular weight is 214 g/mol. The Labute approximate surface area is 93.8 Å². The Kier molecular flexibility index (Phi) is 5.88. The van der Waals surface area contributed by atoms with Crippen molar-refractivity contribution in [1.82, 2.24) is 5.32 Å². The fraction of sp³-hybridized carbons (Fsp3) is 0.917. The van der Waals surface area contributed by atoms with Crippen LogP contribution < -0.4 is 11.1 Å². The van der Waals surface area contributed by atoms with Gasteiger partial charge in [-0.25, -0.2) is 0 Å². The first-order chi connectivity index (χ1) is 6.79. The fourth-order valence-electron chi connectivity index (χ4n) is 1.31. The van der Waals surface area contributed by atoms with Gasteiger partial charge in [0.05, 0.1) is 0 Å². The van der Waals surface area contributed by atoms with Crippen molar-refractivity contribution >= 4 is 5.91 Å². The van der Waals surface area contributed by atoms with Crippen molar-refractivity contribution in [3.05, 3.63) is 0 Å². The van der Waals surface area contributed by atoms with Crippen LogP contribution in [0.4, 0.5) is 0 Å². The molecular weight excluding hydrogens is 188 g/mol. The van der Waals surface area contributed by atoms with Gasteiger partial charge < -0.3 is 11.1 Å². The number of carbonyl (C=O) groups is 1. The van der Waals surface area contributed by atoms with Crippen LogP contribution in [0, 0.1) is 11.3 Å². The summed E-state index contributed by atoms with van der Waals surface area (Å²) in [7, 11) is 0. The zero-order valence-corrected chi connectivity index (χ0v) is 10.8. The van der Waals surface area contributed by atoms with Crippen molar-refractivity contribution < 1.29 is 4.79 Å². The molecule has 0 radical (unpaired) electrons. The maximum absolute atomic E-state index is 11.7. The zero-order valence-electron chi connectivity index (χ0n) is 10.8. The van der Waals surface area contributed by atoms with Crippen molar-refractivity contribution in [2.75, 3.05) is 6.54 Å². The van der Waals surface area contributed by atoms with E-state index < -0.39 is 0 Å². The Morgan fingerprint density at radius 1 is 1.40 bits per heavy atom. The van der Waals surface area contributed by atoms with Gasteiger partial charge in [-0.1, -0.05) is 34.6 Å². The number of amides is 1. The highest BCUT2D eigenvalue weighted by Gasteiger charge is 2.25. The van der Waals surface area contributed by atoms with E-state index in [-0.39, 0.29) is 17.4 Å². The Morgan fingerprint density at radius 3 is 2.33 bits per heavy atom. The van der Waals surface area contributed by atoms with Crippen molar-refractivity contribution in [2.45, 2.75) is 53.5 Å². The van der Waals surface area contributed by atoms with Crippen LogP contribution in [0.3, 0.4) is 0 Å². The number of hydrogen-bond donors (Lipinski definition) is 2. The Balaban J connectivity index is 3.90. The summed E-state index contributed by atoms with van der Waals surface area (Å²) in [5.74, 6) is 0.681. The van der Waals surface area contributed by atoms with Gasteiger partial charge >= 0.3 is 0 Å². The van der Waals surface area contributed by atoms with E-state index in [1.807, 2.05) is 20.8 Å². The molecule has 0 rings (SSSR count). The first-order valence-corrected chi connectivity index (χ1v) is 5.83. The molecule has 0 fully saturated rings. The SMILES string of the molecule is CCC(C)(C)C(=O)NCC(N)CC(C)C. The summed E-state index contributed by atoms with van der Waals surface area (Å²) in [5.41, 5.74) is 5.61. The topological polar surface area (TPSA) is 55.1 Å². The van der Waals surface area contributed by atoms with Gasteiger partial charge in [0.15, 0.2) is 0 Å². The second-order valence-electron chi connectivity index (χ2n) is 5.34. The van der Waals surface area contributed by atoms with Crippen LogP contribution in [0.2, 0.25) is 0 Å². The Hall–Kier alpha value is -0.570. The summed E-state index contributed by atoms with van der Waals surface area (Å²) in [5, 5.41) is 2.92. The van der Waals surface area contributed by atoms with E-state index >= 15 is 0 Å². The van der Waals surface area contributed by atoms with Crippen LogP contribution in [0.1, 0.15) is 47.5 Å². The van der Waals surface area contributed by atoms with Crippen molar-refractivity contribution in [3.8, 4) is 0 Å². The van der Waals surface area contributed by atoms with E-state index in [1.165, 1.54) is 0 Å². The van der Waals surface area contributed by atoms with Gasteiger partial charge in [-0.15, -0.1) is 0 Å². The third kappa shape index (κ3) is 5.78. The molecule has 0 heterocycles. The van der Waals surface area contributed by atoms with Gasteiger partial charge in [0.1, 0.15) is 0 Å². The van der Waals surface area contributed by atoms with E-state index in [0.29, 0.717) is 12.5 Å². The molecule has 0 saturated heterocycles. The first kappa shape index (κ1) is 14.4. The monoisotopic (exact) mass is 214 g/mol. The van der Waals surface area contributed by atoms with E-state index in [0.717, 1.165) is 12.8 Å². The first-order valence-electron chi connectivity index (χ1n) is 5.83. The van der Waals surface area contributed by atoms with Gasteiger partial charge in [0, 0.05) is 18.0 Å². The summed E-state index contributed by atoms with van der Waals surface area (Å²) in [6.45, 7) is 10.8. The lowest BCUT2D eigenvalue weighted by molar-refractivity contribution is -0.129. The van der Waals surface area contributed by atoms with Crippen molar-refractivity contribution in [3.63, 3.8) is 0 Å². The molecule has 1 atom stereocenters. The molecule has 0 spiro atoms. The van der Waals surface area contributed by atoms with Crippen molar-refractivity contribution in [2.24, 2.45) is 17.1 Å². The number of nitrogens with two attached hydrogens (primary N) is 1. The lowest BCUT2D eigenvalue weighted by atomic mass is 9.89. The molecule has 0 aromatic carbocycles. The highest BCUT2D eigenvalue weighted by atomic mass is 16.2. The maximum atomic E-state index is 11.7. The molecule has 15 heavy (non-hydrogen) atoms.